The molecule has 3 aromatic carbocycles. The van der Waals surface area contributed by atoms with E-state index in [-0.39, 0.29) is 5.91 Å². The van der Waals surface area contributed by atoms with Crippen LogP contribution < -0.4 is 19.5 Å². The summed E-state index contributed by atoms with van der Waals surface area (Å²) in [6, 6.07) is 16.5. The van der Waals surface area contributed by atoms with Crippen molar-refractivity contribution in [2.75, 3.05) is 19.5 Å². The molecule has 0 fully saturated rings. The van der Waals surface area contributed by atoms with E-state index in [1.165, 1.54) is 7.11 Å². The maximum Gasteiger partial charge on any atom is 0.265 e. The first-order valence-corrected chi connectivity index (χ1v) is 8.77. The van der Waals surface area contributed by atoms with Crippen molar-refractivity contribution in [3.63, 3.8) is 0 Å². The molecule has 0 aliphatic carbocycles. The van der Waals surface area contributed by atoms with Gasteiger partial charge in [0.25, 0.3) is 5.91 Å². The van der Waals surface area contributed by atoms with Crippen LogP contribution in [-0.2, 0) is 4.79 Å². The first-order valence-electron chi connectivity index (χ1n) is 8.39. The molecule has 0 spiro atoms. The average molecular weight is 386 g/mol. The number of hydrogen-bond acceptors (Lipinski definition) is 4. The molecule has 140 valence electrons. The normalized spacial score (nSPS) is 11.7. The number of nitrogens with one attached hydrogen (secondary N) is 1. The molecule has 0 aliphatic rings. The Hall–Kier alpha value is -2.92. The minimum absolute atomic E-state index is 0.276. The fraction of sp³-hybridized carbons (Fsp3) is 0.190. The van der Waals surface area contributed by atoms with E-state index in [9.17, 15) is 4.79 Å². The topological polar surface area (TPSA) is 56.8 Å². The zero-order chi connectivity index (χ0) is 19.4. The second kappa shape index (κ2) is 8.18. The number of benzene rings is 3. The quantitative estimate of drug-likeness (QED) is 0.654. The van der Waals surface area contributed by atoms with Gasteiger partial charge in [-0.05, 0) is 60.2 Å². The number of ether oxygens (including phenoxy) is 3. The summed E-state index contributed by atoms with van der Waals surface area (Å²) in [6.07, 6.45) is -0.686. The number of hydrogen-bond donors (Lipinski definition) is 1. The van der Waals surface area contributed by atoms with Gasteiger partial charge in [0.15, 0.2) is 6.10 Å². The van der Waals surface area contributed by atoms with Gasteiger partial charge in [-0.2, -0.15) is 0 Å². The molecule has 0 saturated heterocycles. The Morgan fingerprint density at radius 2 is 1.63 bits per heavy atom. The Morgan fingerprint density at radius 1 is 0.926 bits per heavy atom. The van der Waals surface area contributed by atoms with Crippen LogP contribution >= 0.6 is 11.6 Å². The predicted octanol–water partition coefficient (Wildman–Crippen LogP) is 4.92. The Kier molecular flexibility index (Phi) is 5.72. The molecular weight excluding hydrogens is 366 g/mol. The predicted molar refractivity (Wildman–Crippen MR) is 107 cm³/mol. The molecular formula is C21H20ClNO4. The summed E-state index contributed by atoms with van der Waals surface area (Å²) in [5, 5.41) is 5.25. The Balaban J connectivity index is 1.70. The SMILES string of the molecule is COc1ccc2ccc(OC(C)C(=O)Nc3ccc(OC)c(Cl)c3)cc2c1. The van der Waals surface area contributed by atoms with Crippen LogP contribution in [0.15, 0.2) is 54.6 Å². The van der Waals surface area contributed by atoms with Crippen molar-refractivity contribution in [3.05, 3.63) is 59.6 Å². The van der Waals surface area contributed by atoms with E-state index < -0.39 is 6.10 Å². The van der Waals surface area contributed by atoms with E-state index in [1.807, 2.05) is 36.4 Å². The Morgan fingerprint density at radius 3 is 2.30 bits per heavy atom. The van der Waals surface area contributed by atoms with Gasteiger partial charge in [-0.1, -0.05) is 23.7 Å². The fourth-order valence-electron chi connectivity index (χ4n) is 2.65. The maximum atomic E-state index is 12.4. The summed E-state index contributed by atoms with van der Waals surface area (Å²) < 4.78 is 16.1. The minimum atomic E-state index is -0.686. The molecule has 3 rings (SSSR count). The molecule has 0 heterocycles. The molecule has 0 saturated carbocycles. The van der Waals surface area contributed by atoms with E-state index in [4.69, 9.17) is 25.8 Å². The number of carbonyl (C=O) groups excluding carboxylic acids is 1. The summed E-state index contributed by atoms with van der Waals surface area (Å²) in [5.74, 6) is 1.64. The van der Waals surface area contributed by atoms with Crippen molar-refractivity contribution in [2.24, 2.45) is 0 Å². The van der Waals surface area contributed by atoms with Gasteiger partial charge in [0.2, 0.25) is 0 Å². The first-order chi connectivity index (χ1) is 13.0. The number of carbonyl (C=O) groups is 1. The molecule has 0 aliphatic heterocycles. The first kappa shape index (κ1) is 18.9. The maximum absolute atomic E-state index is 12.4. The van der Waals surface area contributed by atoms with Crippen molar-refractivity contribution >= 4 is 34.0 Å². The molecule has 27 heavy (non-hydrogen) atoms. The lowest BCUT2D eigenvalue weighted by molar-refractivity contribution is -0.122. The number of fused-ring (bicyclic) bond motifs is 1. The van der Waals surface area contributed by atoms with Gasteiger partial charge < -0.3 is 19.5 Å². The third-order valence-electron chi connectivity index (χ3n) is 4.12. The zero-order valence-electron chi connectivity index (χ0n) is 15.3. The number of methoxy groups -OCH3 is 2. The smallest absolute Gasteiger partial charge is 0.265 e. The summed E-state index contributed by atoms with van der Waals surface area (Å²) >= 11 is 6.08. The molecule has 1 unspecified atom stereocenters. The number of rotatable bonds is 6. The van der Waals surface area contributed by atoms with Crippen molar-refractivity contribution in [1.29, 1.82) is 0 Å². The number of halogens is 1. The number of anilines is 1. The lowest BCUT2D eigenvalue weighted by Crippen LogP contribution is -2.30. The minimum Gasteiger partial charge on any atom is -0.497 e. The molecule has 6 heteroatoms. The van der Waals surface area contributed by atoms with Gasteiger partial charge in [-0.25, -0.2) is 0 Å². The van der Waals surface area contributed by atoms with Crippen LogP contribution in [-0.4, -0.2) is 26.2 Å². The monoisotopic (exact) mass is 385 g/mol. The van der Waals surface area contributed by atoms with Crippen LogP contribution in [0.2, 0.25) is 5.02 Å². The van der Waals surface area contributed by atoms with Crippen LogP contribution in [0.1, 0.15) is 6.92 Å². The van der Waals surface area contributed by atoms with Crippen LogP contribution in [0.5, 0.6) is 17.2 Å². The van der Waals surface area contributed by atoms with E-state index in [0.29, 0.717) is 22.2 Å². The summed E-state index contributed by atoms with van der Waals surface area (Å²) in [5.41, 5.74) is 0.574. The van der Waals surface area contributed by atoms with E-state index in [1.54, 1.807) is 32.2 Å². The van der Waals surface area contributed by atoms with E-state index in [0.717, 1.165) is 16.5 Å². The van der Waals surface area contributed by atoms with Crippen LogP contribution in [0.25, 0.3) is 10.8 Å². The molecule has 1 atom stereocenters. The largest absolute Gasteiger partial charge is 0.497 e. The third-order valence-corrected chi connectivity index (χ3v) is 4.42. The van der Waals surface area contributed by atoms with Crippen molar-refractivity contribution in [2.45, 2.75) is 13.0 Å². The van der Waals surface area contributed by atoms with Crippen molar-refractivity contribution in [3.8, 4) is 17.2 Å². The highest BCUT2D eigenvalue weighted by Gasteiger charge is 2.16. The van der Waals surface area contributed by atoms with Crippen molar-refractivity contribution < 1.29 is 19.0 Å². The molecule has 5 nitrogen and oxygen atoms in total. The van der Waals surface area contributed by atoms with Crippen LogP contribution in [0.4, 0.5) is 5.69 Å². The summed E-state index contributed by atoms with van der Waals surface area (Å²) in [7, 11) is 3.16. The number of amides is 1. The van der Waals surface area contributed by atoms with Gasteiger partial charge >= 0.3 is 0 Å². The van der Waals surface area contributed by atoms with Gasteiger partial charge in [0.05, 0.1) is 19.2 Å². The van der Waals surface area contributed by atoms with Gasteiger partial charge in [-0.3, -0.25) is 4.79 Å². The molecule has 0 bridgehead atoms. The lowest BCUT2D eigenvalue weighted by atomic mass is 10.1. The van der Waals surface area contributed by atoms with E-state index >= 15 is 0 Å². The average Bonchev–Trinajstić information content (AvgIpc) is 2.67. The summed E-state index contributed by atoms with van der Waals surface area (Å²) in [4.78, 5) is 12.4. The van der Waals surface area contributed by atoms with Crippen LogP contribution in [0.3, 0.4) is 0 Å². The Labute approximate surface area is 162 Å². The second-order valence-corrected chi connectivity index (χ2v) is 6.38. The molecule has 0 radical (unpaired) electrons. The fourth-order valence-corrected chi connectivity index (χ4v) is 2.91. The van der Waals surface area contributed by atoms with Gasteiger partial charge in [-0.15, -0.1) is 0 Å². The van der Waals surface area contributed by atoms with Gasteiger partial charge in [0.1, 0.15) is 17.2 Å². The lowest BCUT2D eigenvalue weighted by Gasteiger charge is -2.16. The van der Waals surface area contributed by atoms with Crippen LogP contribution in [0, 0.1) is 0 Å². The third kappa shape index (κ3) is 4.44. The zero-order valence-corrected chi connectivity index (χ0v) is 16.0. The second-order valence-electron chi connectivity index (χ2n) is 5.97. The Bertz CT molecular complexity index is 974. The highest BCUT2D eigenvalue weighted by Crippen LogP contribution is 2.28. The van der Waals surface area contributed by atoms with Crippen molar-refractivity contribution in [1.82, 2.24) is 0 Å². The molecule has 0 aromatic heterocycles. The highest BCUT2D eigenvalue weighted by atomic mass is 35.5. The summed E-state index contributed by atoms with van der Waals surface area (Å²) in [6.45, 7) is 1.69. The van der Waals surface area contributed by atoms with Gasteiger partial charge in [0, 0.05) is 5.69 Å². The highest BCUT2D eigenvalue weighted by molar-refractivity contribution is 6.32. The van der Waals surface area contributed by atoms with E-state index in [2.05, 4.69) is 5.32 Å². The molecule has 3 aromatic rings. The molecule has 1 N–H and O–H groups in total. The molecule has 1 amide bonds. The standard InChI is InChI=1S/C21H20ClNO4/c1-13(21(24)23-16-6-9-20(26-3)19(22)12-16)27-18-8-5-14-4-7-17(25-2)10-15(14)11-18/h4-13H,1-3H3,(H,23,24).